The minimum Gasteiger partial charge on any atom is -0.497 e. The SMILES string of the molecule is COc1ccc2c(c1)OC(C)(C)c1cn(-c3ccc(C)cc3)nc1-2. The van der Waals surface area contributed by atoms with Crippen molar-refractivity contribution in [2.75, 3.05) is 7.11 Å². The Morgan fingerprint density at radius 3 is 2.54 bits per heavy atom. The van der Waals surface area contributed by atoms with Gasteiger partial charge in [-0.15, -0.1) is 0 Å². The number of aromatic nitrogens is 2. The largest absolute Gasteiger partial charge is 0.497 e. The second-order valence-electron chi connectivity index (χ2n) is 6.65. The summed E-state index contributed by atoms with van der Waals surface area (Å²) in [5.74, 6) is 1.59. The molecule has 0 spiro atoms. The van der Waals surface area contributed by atoms with Crippen LogP contribution in [0.1, 0.15) is 25.0 Å². The lowest BCUT2D eigenvalue weighted by Gasteiger charge is -2.32. The van der Waals surface area contributed by atoms with E-state index in [1.165, 1.54) is 5.56 Å². The monoisotopic (exact) mass is 320 g/mol. The van der Waals surface area contributed by atoms with Gasteiger partial charge in [0.2, 0.25) is 0 Å². The molecule has 0 N–H and O–H groups in total. The van der Waals surface area contributed by atoms with E-state index in [0.717, 1.165) is 34.0 Å². The summed E-state index contributed by atoms with van der Waals surface area (Å²) >= 11 is 0. The van der Waals surface area contributed by atoms with Gasteiger partial charge in [0.1, 0.15) is 22.8 Å². The van der Waals surface area contributed by atoms with Crippen molar-refractivity contribution in [3.8, 4) is 28.4 Å². The minimum atomic E-state index is -0.447. The second-order valence-corrected chi connectivity index (χ2v) is 6.65. The first-order valence-corrected chi connectivity index (χ1v) is 8.02. The molecule has 122 valence electrons. The van der Waals surface area contributed by atoms with Crippen LogP contribution in [-0.4, -0.2) is 16.9 Å². The summed E-state index contributed by atoms with van der Waals surface area (Å²) in [7, 11) is 1.66. The van der Waals surface area contributed by atoms with Crippen LogP contribution >= 0.6 is 0 Å². The van der Waals surface area contributed by atoms with E-state index in [2.05, 4.69) is 51.2 Å². The Bertz CT molecular complexity index is 908. The summed E-state index contributed by atoms with van der Waals surface area (Å²) in [4.78, 5) is 0. The van der Waals surface area contributed by atoms with Crippen molar-refractivity contribution in [2.45, 2.75) is 26.4 Å². The first-order chi connectivity index (χ1) is 11.5. The average Bonchev–Trinajstić information content (AvgIpc) is 3.01. The van der Waals surface area contributed by atoms with Crippen LogP contribution in [0, 0.1) is 6.92 Å². The van der Waals surface area contributed by atoms with Crippen LogP contribution in [-0.2, 0) is 5.60 Å². The molecule has 0 saturated carbocycles. The zero-order chi connectivity index (χ0) is 16.9. The third-order valence-electron chi connectivity index (χ3n) is 4.47. The summed E-state index contributed by atoms with van der Waals surface area (Å²) < 4.78 is 13.5. The summed E-state index contributed by atoms with van der Waals surface area (Å²) in [6, 6.07) is 14.2. The van der Waals surface area contributed by atoms with Gasteiger partial charge >= 0.3 is 0 Å². The highest BCUT2D eigenvalue weighted by Gasteiger charge is 2.35. The summed E-state index contributed by atoms with van der Waals surface area (Å²) in [5, 5.41) is 4.84. The summed E-state index contributed by atoms with van der Waals surface area (Å²) in [6.07, 6.45) is 2.06. The maximum atomic E-state index is 6.22. The van der Waals surface area contributed by atoms with Gasteiger partial charge < -0.3 is 9.47 Å². The lowest BCUT2D eigenvalue weighted by atomic mass is 9.92. The Labute approximate surface area is 141 Å². The van der Waals surface area contributed by atoms with Crippen LogP contribution in [0.4, 0.5) is 0 Å². The number of rotatable bonds is 2. The quantitative estimate of drug-likeness (QED) is 0.698. The molecule has 4 rings (SSSR count). The Morgan fingerprint density at radius 1 is 1.08 bits per heavy atom. The van der Waals surface area contributed by atoms with Crippen molar-refractivity contribution in [1.82, 2.24) is 9.78 Å². The van der Waals surface area contributed by atoms with Crippen molar-refractivity contribution in [3.63, 3.8) is 0 Å². The lowest BCUT2D eigenvalue weighted by molar-refractivity contribution is 0.105. The molecule has 0 atom stereocenters. The van der Waals surface area contributed by atoms with E-state index in [9.17, 15) is 0 Å². The average molecular weight is 320 g/mol. The maximum Gasteiger partial charge on any atom is 0.133 e. The molecule has 1 aromatic heterocycles. The van der Waals surface area contributed by atoms with E-state index in [4.69, 9.17) is 14.6 Å². The number of hydrogen-bond acceptors (Lipinski definition) is 3. The molecule has 4 nitrogen and oxygen atoms in total. The molecular formula is C20H20N2O2. The molecule has 0 fully saturated rings. The topological polar surface area (TPSA) is 36.3 Å². The van der Waals surface area contributed by atoms with E-state index in [1.54, 1.807) is 7.11 Å². The van der Waals surface area contributed by atoms with Crippen molar-refractivity contribution in [1.29, 1.82) is 0 Å². The van der Waals surface area contributed by atoms with E-state index in [1.807, 2.05) is 22.9 Å². The van der Waals surface area contributed by atoms with Crippen molar-refractivity contribution in [2.24, 2.45) is 0 Å². The fourth-order valence-corrected chi connectivity index (χ4v) is 3.08. The van der Waals surface area contributed by atoms with Gasteiger partial charge in [-0.05, 0) is 45.0 Å². The van der Waals surface area contributed by atoms with Gasteiger partial charge in [0.15, 0.2) is 0 Å². The number of hydrogen-bond donors (Lipinski definition) is 0. The van der Waals surface area contributed by atoms with Crippen LogP contribution in [0.3, 0.4) is 0 Å². The highest BCUT2D eigenvalue weighted by Crippen LogP contribution is 2.45. The van der Waals surface area contributed by atoms with Gasteiger partial charge in [-0.3, -0.25) is 0 Å². The van der Waals surface area contributed by atoms with E-state index in [-0.39, 0.29) is 0 Å². The first-order valence-electron chi connectivity index (χ1n) is 8.02. The molecule has 3 aromatic rings. The molecular weight excluding hydrogens is 300 g/mol. The number of ether oxygens (including phenoxy) is 2. The maximum absolute atomic E-state index is 6.22. The van der Waals surface area contributed by atoms with Gasteiger partial charge in [-0.1, -0.05) is 17.7 Å². The molecule has 1 aliphatic heterocycles. The molecule has 0 amide bonds. The van der Waals surface area contributed by atoms with Crippen LogP contribution in [0.5, 0.6) is 11.5 Å². The van der Waals surface area contributed by atoms with Gasteiger partial charge in [-0.2, -0.15) is 5.10 Å². The normalized spacial score (nSPS) is 14.5. The molecule has 2 heterocycles. The molecule has 1 aliphatic rings. The van der Waals surface area contributed by atoms with Crippen LogP contribution in [0.2, 0.25) is 0 Å². The Balaban J connectivity index is 1.88. The molecule has 0 saturated heterocycles. The fraction of sp³-hybridized carbons (Fsp3) is 0.250. The smallest absolute Gasteiger partial charge is 0.133 e. The molecule has 4 heteroatoms. The highest BCUT2D eigenvalue weighted by atomic mass is 16.5. The molecule has 0 radical (unpaired) electrons. The van der Waals surface area contributed by atoms with Gasteiger partial charge in [0.05, 0.1) is 12.8 Å². The predicted octanol–water partition coefficient (Wildman–Crippen LogP) is 4.48. The highest BCUT2D eigenvalue weighted by molar-refractivity contribution is 5.74. The van der Waals surface area contributed by atoms with E-state index >= 15 is 0 Å². The molecule has 0 aliphatic carbocycles. The Hall–Kier alpha value is -2.75. The number of methoxy groups -OCH3 is 1. The van der Waals surface area contributed by atoms with Gasteiger partial charge in [0.25, 0.3) is 0 Å². The minimum absolute atomic E-state index is 0.447. The number of benzene rings is 2. The van der Waals surface area contributed by atoms with Crippen LogP contribution in [0.25, 0.3) is 16.9 Å². The zero-order valence-electron chi connectivity index (χ0n) is 14.3. The van der Waals surface area contributed by atoms with Crippen LogP contribution < -0.4 is 9.47 Å². The predicted molar refractivity (Wildman–Crippen MR) is 93.9 cm³/mol. The summed E-state index contributed by atoms with van der Waals surface area (Å²) in [6.45, 7) is 6.21. The molecule has 0 bridgehead atoms. The molecule has 2 aromatic carbocycles. The van der Waals surface area contributed by atoms with Crippen molar-refractivity contribution >= 4 is 0 Å². The third kappa shape index (κ3) is 2.26. The number of aryl methyl sites for hydroxylation is 1. The van der Waals surface area contributed by atoms with Gasteiger partial charge in [-0.25, -0.2) is 4.68 Å². The first kappa shape index (κ1) is 14.8. The van der Waals surface area contributed by atoms with E-state index in [0.29, 0.717) is 0 Å². The third-order valence-corrected chi connectivity index (χ3v) is 4.47. The lowest BCUT2D eigenvalue weighted by Crippen LogP contribution is -2.28. The van der Waals surface area contributed by atoms with E-state index < -0.39 is 5.60 Å². The number of nitrogens with zero attached hydrogens (tertiary/aromatic N) is 2. The molecule has 24 heavy (non-hydrogen) atoms. The van der Waals surface area contributed by atoms with Crippen LogP contribution in [0.15, 0.2) is 48.7 Å². The fourth-order valence-electron chi connectivity index (χ4n) is 3.08. The zero-order valence-corrected chi connectivity index (χ0v) is 14.3. The van der Waals surface area contributed by atoms with Crippen molar-refractivity contribution < 1.29 is 9.47 Å². The Morgan fingerprint density at radius 2 is 1.83 bits per heavy atom. The number of fused-ring (bicyclic) bond motifs is 3. The summed E-state index contributed by atoms with van der Waals surface area (Å²) in [5.41, 5.74) is 4.87. The van der Waals surface area contributed by atoms with Crippen molar-refractivity contribution in [3.05, 3.63) is 59.8 Å². The Kier molecular flexibility index (Phi) is 3.17. The standard InChI is InChI=1S/C20H20N2O2/c1-13-5-7-14(8-6-13)22-12-17-19(21-22)16-10-9-15(23-4)11-18(16)24-20(17,2)3/h5-12H,1-4H3. The second kappa shape index (κ2) is 5.13. The molecule has 0 unspecified atom stereocenters. The van der Waals surface area contributed by atoms with Gasteiger partial charge in [0, 0.05) is 23.4 Å².